The molecule has 0 heterocycles. The molecule has 0 aliphatic heterocycles. The van der Waals surface area contributed by atoms with E-state index in [9.17, 15) is 13.2 Å². The maximum Gasteiger partial charge on any atom is 0.446 e. The summed E-state index contributed by atoms with van der Waals surface area (Å²) in [6, 6.07) is 5.34. The second-order valence-corrected chi connectivity index (χ2v) is 3.12. The molecule has 66 valence electrons. The van der Waals surface area contributed by atoms with Gasteiger partial charge in [-0.1, -0.05) is 12.1 Å². The van der Waals surface area contributed by atoms with Crippen molar-refractivity contribution in [3.05, 3.63) is 24.3 Å². The Morgan fingerprint density at radius 1 is 1.17 bits per heavy atom. The van der Waals surface area contributed by atoms with E-state index in [1.807, 2.05) is 0 Å². The first-order chi connectivity index (χ1) is 5.49. The van der Waals surface area contributed by atoms with Crippen molar-refractivity contribution in [2.45, 2.75) is 10.4 Å². The number of aromatic hydroxyl groups is 1. The van der Waals surface area contributed by atoms with Crippen molar-refractivity contribution in [1.82, 2.24) is 0 Å². The summed E-state index contributed by atoms with van der Waals surface area (Å²) in [6.07, 6.45) is 0. The highest BCUT2D eigenvalue weighted by Gasteiger charge is 2.30. The Labute approximate surface area is 71.2 Å². The molecule has 0 saturated carbocycles. The summed E-state index contributed by atoms with van der Waals surface area (Å²) in [5.41, 5.74) is -4.35. The number of phenolic OH excluding ortho intramolecular Hbond substituents is 1. The number of hydrogen-bond donors (Lipinski definition) is 1. The third kappa shape index (κ3) is 2.65. The number of para-hydroxylation sites is 1. The molecule has 0 radical (unpaired) electrons. The Balaban J connectivity index is 2.83. The highest BCUT2D eigenvalue weighted by Crippen LogP contribution is 2.40. The van der Waals surface area contributed by atoms with E-state index >= 15 is 0 Å². The molecule has 12 heavy (non-hydrogen) atoms. The first kappa shape index (κ1) is 9.25. The van der Waals surface area contributed by atoms with Crippen LogP contribution in [0.25, 0.3) is 0 Å². The summed E-state index contributed by atoms with van der Waals surface area (Å²) >= 11 is -0.323. The van der Waals surface area contributed by atoms with Gasteiger partial charge in [0.05, 0.1) is 4.90 Å². The number of rotatable bonds is 1. The van der Waals surface area contributed by atoms with E-state index < -0.39 is 5.51 Å². The third-order valence-electron chi connectivity index (χ3n) is 1.09. The Bertz CT molecular complexity index is 272. The zero-order valence-electron chi connectivity index (χ0n) is 5.80. The predicted molar refractivity (Wildman–Crippen MR) is 40.0 cm³/mol. The molecule has 1 aromatic rings. The maximum absolute atomic E-state index is 11.8. The van der Waals surface area contributed by atoms with Crippen molar-refractivity contribution in [3.63, 3.8) is 0 Å². The summed E-state index contributed by atoms with van der Waals surface area (Å²) in [6.45, 7) is 0. The Hall–Kier alpha value is -0.840. The lowest BCUT2D eigenvalue weighted by molar-refractivity contribution is -0.0328. The van der Waals surface area contributed by atoms with Gasteiger partial charge in [-0.2, -0.15) is 13.2 Å². The van der Waals surface area contributed by atoms with E-state index in [2.05, 4.69) is 0 Å². The molecule has 0 fully saturated rings. The summed E-state index contributed by atoms with van der Waals surface area (Å²) in [4.78, 5) is -0.176. The van der Waals surface area contributed by atoms with Crippen LogP contribution < -0.4 is 0 Å². The third-order valence-corrected chi connectivity index (χ3v) is 1.89. The smallest absolute Gasteiger partial charge is 0.446 e. The van der Waals surface area contributed by atoms with E-state index in [1.54, 1.807) is 0 Å². The van der Waals surface area contributed by atoms with Crippen LogP contribution in [-0.4, -0.2) is 10.6 Å². The number of halogens is 3. The molecule has 1 rings (SSSR count). The van der Waals surface area contributed by atoms with E-state index in [-0.39, 0.29) is 22.4 Å². The average molecular weight is 194 g/mol. The van der Waals surface area contributed by atoms with Gasteiger partial charge in [0, 0.05) is 0 Å². The van der Waals surface area contributed by atoms with Crippen LogP contribution in [0, 0.1) is 0 Å². The minimum absolute atomic E-state index is 0.176. The van der Waals surface area contributed by atoms with Gasteiger partial charge in [-0.05, 0) is 23.9 Å². The minimum Gasteiger partial charge on any atom is -0.507 e. The standard InChI is InChI=1S/C7H5F3OS/c8-7(9,10)12-6-4-2-1-3-5(6)11/h1-4,11H. The number of thioether (sulfide) groups is 1. The molecule has 0 saturated heterocycles. The Morgan fingerprint density at radius 2 is 1.75 bits per heavy atom. The molecule has 5 heteroatoms. The molecule has 1 nitrogen and oxygen atoms in total. The van der Waals surface area contributed by atoms with Gasteiger partial charge in [0.25, 0.3) is 0 Å². The van der Waals surface area contributed by atoms with Crippen molar-refractivity contribution in [1.29, 1.82) is 0 Å². The van der Waals surface area contributed by atoms with Gasteiger partial charge in [0.1, 0.15) is 5.75 Å². The second kappa shape index (κ2) is 3.26. The van der Waals surface area contributed by atoms with Crippen molar-refractivity contribution >= 4 is 11.8 Å². The van der Waals surface area contributed by atoms with Gasteiger partial charge in [-0.25, -0.2) is 0 Å². The number of phenols is 1. The van der Waals surface area contributed by atoms with Crippen molar-refractivity contribution < 1.29 is 18.3 Å². The van der Waals surface area contributed by atoms with Crippen LogP contribution in [0.2, 0.25) is 0 Å². The molecule has 0 amide bonds. The van der Waals surface area contributed by atoms with Crippen LogP contribution in [0.3, 0.4) is 0 Å². The van der Waals surface area contributed by atoms with E-state index in [0.717, 1.165) is 0 Å². The van der Waals surface area contributed by atoms with Gasteiger partial charge >= 0.3 is 5.51 Å². The van der Waals surface area contributed by atoms with Gasteiger partial charge in [-0.3, -0.25) is 0 Å². The van der Waals surface area contributed by atoms with E-state index in [0.29, 0.717) is 0 Å². The normalized spacial score (nSPS) is 11.6. The molecule has 0 unspecified atom stereocenters. The highest BCUT2D eigenvalue weighted by molar-refractivity contribution is 8.00. The molecular formula is C7H5F3OS. The monoisotopic (exact) mass is 194 g/mol. The molecule has 0 aromatic heterocycles. The fourth-order valence-electron chi connectivity index (χ4n) is 0.668. The molecule has 0 atom stereocenters. The van der Waals surface area contributed by atoms with Gasteiger partial charge in [-0.15, -0.1) is 0 Å². The molecule has 0 aliphatic carbocycles. The molecule has 0 spiro atoms. The summed E-state index contributed by atoms with van der Waals surface area (Å²) in [5.74, 6) is -0.347. The van der Waals surface area contributed by atoms with Gasteiger partial charge in [0.2, 0.25) is 0 Å². The van der Waals surface area contributed by atoms with Crippen LogP contribution in [0.15, 0.2) is 29.2 Å². The van der Waals surface area contributed by atoms with E-state index in [1.165, 1.54) is 24.3 Å². The zero-order valence-corrected chi connectivity index (χ0v) is 6.62. The lowest BCUT2D eigenvalue weighted by Gasteiger charge is -2.05. The minimum atomic E-state index is -4.35. The van der Waals surface area contributed by atoms with Crippen molar-refractivity contribution in [2.75, 3.05) is 0 Å². The van der Waals surface area contributed by atoms with Crippen LogP contribution in [0.5, 0.6) is 5.75 Å². The van der Waals surface area contributed by atoms with Gasteiger partial charge < -0.3 is 5.11 Å². The SMILES string of the molecule is Oc1ccccc1SC(F)(F)F. The van der Waals surface area contributed by atoms with Crippen molar-refractivity contribution in [3.8, 4) is 5.75 Å². The maximum atomic E-state index is 11.8. The topological polar surface area (TPSA) is 20.2 Å². The highest BCUT2D eigenvalue weighted by atomic mass is 32.2. The fraction of sp³-hybridized carbons (Fsp3) is 0.143. The molecule has 1 aromatic carbocycles. The first-order valence-corrected chi connectivity index (χ1v) is 3.84. The van der Waals surface area contributed by atoms with Crippen LogP contribution in [-0.2, 0) is 0 Å². The number of alkyl halides is 3. The first-order valence-electron chi connectivity index (χ1n) is 3.03. The average Bonchev–Trinajstić information content (AvgIpc) is 1.91. The van der Waals surface area contributed by atoms with Crippen LogP contribution >= 0.6 is 11.8 Å². The predicted octanol–water partition coefficient (Wildman–Crippen LogP) is 3.00. The van der Waals surface area contributed by atoms with E-state index in [4.69, 9.17) is 5.11 Å². The van der Waals surface area contributed by atoms with Crippen LogP contribution in [0.1, 0.15) is 0 Å². The summed E-state index contributed by atoms with van der Waals surface area (Å²) < 4.78 is 35.3. The molecule has 0 aliphatic rings. The fourth-order valence-corrected chi connectivity index (χ4v) is 1.24. The Morgan fingerprint density at radius 3 is 2.25 bits per heavy atom. The molecular weight excluding hydrogens is 189 g/mol. The number of benzene rings is 1. The Kier molecular flexibility index (Phi) is 2.52. The lowest BCUT2D eigenvalue weighted by Crippen LogP contribution is -1.98. The largest absolute Gasteiger partial charge is 0.507 e. The lowest BCUT2D eigenvalue weighted by atomic mass is 10.3. The molecule has 1 N–H and O–H groups in total. The zero-order chi connectivity index (χ0) is 9.19. The van der Waals surface area contributed by atoms with Gasteiger partial charge in [0.15, 0.2) is 0 Å². The summed E-state index contributed by atoms with van der Waals surface area (Å²) in [5, 5.41) is 8.95. The number of hydrogen-bond acceptors (Lipinski definition) is 2. The quantitative estimate of drug-likeness (QED) is 0.693. The molecule has 0 bridgehead atoms. The van der Waals surface area contributed by atoms with Crippen molar-refractivity contribution in [2.24, 2.45) is 0 Å². The second-order valence-electron chi connectivity index (χ2n) is 2.02. The summed E-state index contributed by atoms with van der Waals surface area (Å²) in [7, 11) is 0. The van der Waals surface area contributed by atoms with Crippen LogP contribution in [0.4, 0.5) is 13.2 Å².